The van der Waals surface area contributed by atoms with Crippen molar-refractivity contribution in [2.75, 3.05) is 72.7 Å². The lowest BCUT2D eigenvalue weighted by atomic mass is 9.81. The maximum Gasteiger partial charge on any atom is 0.343 e. The monoisotopic (exact) mass is 943 g/mol. The summed E-state index contributed by atoms with van der Waals surface area (Å²) in [5.41, 5.74) is 3.69. The largest absolute Gasteiger partial charge is 0.491 e. The van der Waals surface area contributed by atoms with Crippen molar-refractivity contribution in [1.82, 2.24) is 20.3 Å². The summed E-state index contributed by atoms with van der Waals surface area (Å²) in [5, 5.41) is 19.5. The highest BCUT2D eigenvalue weighted by Crippen LogP contribution is 2.46. The molecule has 0 spiro atoms. The molecule has 2 atom stereocenters. The number of benzene rings is 2. The van der Waals surface area contributed by atoms with Gasteiger partial charge in [0.2, 0.25) is 5.91 Å². The minimum atomic E-state index is -2.02. The maximum atomic E-state index is 15.4. The number of rotatable bonds is 24. The van der Waals surface area contributed by atoms with E-state index in [1.54, 1.807) is 39.0 Å². The van der Waals surface area contributed by atoms with Crippen LogP contribution in [-0.4, -0.2) is 111 Å². The molecule has 18 heteroatoms. The fourth-order valence-corrected chi connectivity index (χ4v) is 8.62. The maximum absolute atomic E-state index is 15.4. The van der Waals surface area contributed by atoms with Gasteiger partial charge in [0.15, 0.2) is 5.60 Å². The predicted molar refractivity (Wildman–Crippen MR) is 249 cm³/mol. The molecule has 7 rings (SSSR count). The van der Waals surface area contributed by atoms with Gasteiger partial charge in [-0.3, -0.25) is 14.4 Å². The lowest BCUT2D eigenvalue weighted by Gasteiger charge is -2.32. The number of hydrogen-bond acceptors (Lipinski definition) is 14. The van der Waals surface area contributed by atoms with Crippen molar-refractivity contribution in [2.24, 2.45) is 10.5 Å². The molecule has 68 heavy (non-hydrogen) atoms. The van der Waals surface area contributed by atoms with Gasteiger partial charge in [-0.2, -0.15) is 5.10 Å². The van der Waals surface area contributed by atoms with Crippen molar-refractivity contribution in [3.8, 4) is 17.1 Å². The van der Waals surface area contributed by atoms with Crippen LogP contribution in [0.1, 0.15) is 98.9 Å². The van der Waals surface area contributed by atoms with Crippen molar-refractivity contribution in [3.63, 3.8) is 0 Å². The number of hydrazone groups is 1. The van der Waals surface area contributed by atoms with Gasteiger partial charge in [0, 0.05) is 29.2 Å². The summed E-state index contributed by atoms with van der Waals surface area (Å²) in [6.07, 6.45) is 1.78. The van der Waals surface area contributed by atoms with Crippen LogP contribution < -0.4 is 21.0 Å². The number of carbonyl (C=O) groups is 3. The number of halogens is 1. The van der Waals surface area contributed by atoms with Crippen LogP contribution in [-0.2, 0) is 68.0 Å². The minimum Gasteiger partial charge on any atom is -0.491 e. The van der Waals surface area contributed by atoms with E-state index in [9.17, 15) is 24.3 Å². The summed E-state index contributed by atoms with van der Waals surface area (Å²) in [7, 11) is 0. The average molecular weight is 944 g/mol. The Hall–Kier alpha value is -5.63. The van der Waals surface area contributed by atoms with Gasteiger partial charge in [-0.05, 0) is 106 Å². The lowest BCUT2D eigenvalue weighted by Crippen LogP contribution is -2.48. The zero-order valence-electron chi connectivity index (χ0n) is 39.7. The fraction of sp³-hybridized carbons (Fsp3) is 0.520. The normalized spacial score (nSPS) is 17.4. The summed E-state index contributed by atoms with van der Waals surface area (Å²) in [6, 6.07) is 9.50. The molecule has 0 saturated carbocycles. The molecule has 4 aromatic rings. The number of pyridine rings is 2. The number of ether oxygens (including phenoxy) is 7. The molecule has 1 aliphatic carbocycles. The molecule has 17 nitrogen and oxygen atoms in total. The van der Waals surface area contributed by atoms with E-state index in [0.29, 0.717) is 129 Å². The van der Waals surface area contributed by atoms with Crippen LogP contribution in [0.3, 0.4) is 0 Å². The zero-order valence-corrected chi connectivity index (χ0v) is 39.7. The third-order valence-corrected chi connectivity index (χ3v) is 12.7. The number of hydrogen-bond donors (Lipinski definition) is 3. The Morgan fingerprint density at radius 1 is 0.897 bits per heavy atom. The van der Waals surface area contributed by atoms with E-state index in [2.05, 4.69) is 22.8 Å². The highest BCUT2D eigenvalue weighted by atomic mass is 19.1. The summed E-state index contributed by atoms with van der Waals surface area (Å²) >= 11 is 0. The number of nitrogens with one attached hydrogen (secondary N) is 2. The molecule has 0 saturated heterocycles. The van der Waals surface area contributed by atoms with Gasteiger partial charge < -0.3 is 48.1 Å². The van der Waals surface area contributed by atoms with Crippen molar-refractivity contribution in [1.29, 1.82) is 0 Å². The predicted octanol–water partition coefficient (Wildman–Crippen LogP) is 5.07. The number of nitrogens with zero attached hydrogens (tertiary/aromatic N) is 3. The standard InChI is InChI=1S/C50H62FN5O12/c1-7-15-62-16-17-63-18-19-64-20-21-65-22-23-66-24-25-67-33-11-9-32(10-12-33)31(4)54-55-47(59)49(5,6)46(58)53-39-14-13-34-30(3)38(51)27-40-42(34)43(39)35-28-56-41(44(35)52-40)26-37-36(45(56)57)29-68-48(60)50(37,61)8-2/h9-12,26-27,39,61H,7-8,13-25,28-29H2,1-6H3,(H,53,58)(H,55,59)/b54-31-/t39-,50-/m1/s1. The molecule has 3 N–H and O–H groups in total. The first kappa shape index (κ1) is 50.3. The number of esters is 1. The molecule has 2 amide bonds. The van der Waals surface area contributed by atoms with Crippen LogP contribution in [0.25, 0.3) is 22.3 Å². The van der Waals surface area contributed by atoms with Gasteiger partial charge in [0.05, 0.1) is 100 Å². The van der Waals surface area contributed by atoms with Crippen molar-refractivity contribution in [3.05, 3.63) is 91.5 Å². The average Bonchev–Trinajstić information content (AvgIpc) is 3.71. The third-order valence-electron chi connectivity index (χ3n) is 12.7. The second-order valence-corrected chi connectivity index (χ2v) is 17.6. The highest BCUT2D eigenvalue weighted by Gasteiger charge is 2.46. The van der Waals surface area contributed by atoms with E-state index in [4.69, 9.17) is 38.1 Å². The number of cyclic esters (lactones) is 1. The van der Waals surface area contributed by atoms with Crippen LogP contribution in [0.4, 0.5) is 4.39 Å². The fourth-order valence-electron chi connectivity index (χ4n) is 8.62. The van der Waals surface area contributed by atoms with E-state index < -0.39 is 46.2 Å². The minimum absolute atomic E-state index is 0.0224. The number of carbonyl (C=O) groups excluding carboxylic acids is 3. The summed E-state index contributed by atoms with van der Waals surface area (Å²) in [5.74, 6) is -1.85. The molecule has 2 aromatic carbocycles. The van der Waals surface area contributed by atoms with Gasteiger partial charge in [0.1, 0.15) is 30.2 Å². The van der Waals surface area contributed by atoms with E-state index in [0.717, 1.165) is 24.2 Å². The number of aryl methyl sites for hydroxylation is 1. The van der Waals surface area contributed by atoms with E-state index in [-0.39, 0.29) is 30.7 Å². The Morgan fingerprint density at radius 2 is 1.51 bits per heavy atom. The van der Waals surface area contributed by atoms with E-state index >= 15 is 4.39 Å². The molecule has 0 radical (unpaired) electrons. The summed E-state index contributed by atoms with van der Waals surface area (Å²) in [4.78, 5) is 59.5. The van der Waals surface area contributed by atoms with Crippen LogP contribution >= 0.6 is 0 Å². The van der Waals surface area contributed by atoms with Crippen molar-refractivity contribution >= 4 is 34.4 Å². The molecule has 0 bridgehead atoms. The van der Waals surface area contributed by atoms with Gasteiger partial charge in [-0.15, -0.1) is 0 Å². The Balaban J connectivity index is 0.923. The molecule has 4 heterocycles. The first-order valence-electron chi connectivity index (χ1n) is 23.3. The van der Waals surface area contributed by atoms with E-state index in [1.807, 2.05) is 12.1 Å². The van der Waals surface area contributed by atoms with Crippen LogP contribution in [0.5, 0.6) is 5.75 Å². The van der Waals surface area contributed by atoms with Gasteiger partial charge in [-0.1, -0.05) is 13.8 Å². The molecular weight excluding hydrogens is 882 g/mol. The SMILES string of the molecule is CCCOCCOCCOCCOCCOCCOc1ccc(/C(C)=N\NC(=O)C(C)(C)C(=O)N[C@@H]2CCc3c(C)c(F)cc4nc5c(c2c34)Cn2c-5cc3c(c2=O)COC(=O)[C@@]3(O)CC)cc1. The van der Waals surface area contributed by atoms with Crippen LogP contribution in [0, 0.1) is 18.2 Å². The van der Waals surface area contributed by atoms with Gasteiger partial charge in [-0.25, -0.2) is 19.6 Å². The number of aromatic nitrogens is 2. The van der Waals surface area contributed by atoms with E-state index in [1.165, 1.54) is 24.5 Å². The van der Waals surface area contributed by atoms with Crippen molar-refractivity contribution in [2.45, 2.75) is 92.0 Å². The number of fused-ring (bicyclic) bond motifs is 5. The number of amides is 2. The molecule has 0 unspecified atom stereocenters. The molecule has 3 aliphatic rings. The van der Waals surface area contributed by atoms with Gasteiger partial charge in [0.25, 0.3) is 11.5 Å². The quantitative estimate of drug-likeness (QED) is 0.0243. The highest BCUT2D eigenvalue weighted by molar-refractivity contribution is 6.06. The second-order valence-electron chi connectivity index (χ2n) is 17.6. The Morgan fingerprint density at radius 3 is 2.13 bits per heavy atom. The first-order valence-corrected chi connectivity index (χ1v) is 23.3. The Kier molecular flexibility index (Phi) is 16.4. The molecular formula is C50H62FN5O12. The summed E-state index contributed by atoms with van der Waals surface area (Å²) < 4.78 is 55.4. The molecule has 0 fully saturated rings. The zero-order chi connectivity index (χ0) is 48.6. The smallest absolute Gasteiger partial charge is 0.343 e. The molecule has 366 valence electrons. The van der Waals surface area contributed by atoms with Gasteiger partial charge >= 0.3 is 5.97 Å². The first-order chi connectivity index (χ1) is 32.7. The third kappa shape index (κ3) is 10.6. The summed E-state index contributed by atoms with van der Waals surface area (Å²) in [6.45, 7) is 15.4. The number of aliphatic hydroxyl groups is 1. The molecule has 2 aliphatic heterocycles. The Bertz CT molecular complexity index is 2600. The van der Waals surface area contributed by atoms with Crippen LogP contribution in [0.15, 0.2) is 46.3 Å². The second kappa shape index (κ2) is 22.2. The van der Waals surface area contributed by atoms with Crippen molar-refractivity contribution < 1.29 is 57.0 Å². The molecule has 2 aromatic heterocycles. The van der Waals surface area contributed by atoms with Crippen LogP contribution in [0.2, 0.25) is 0 Å². The lowest BCUT2D eigenvalue weighted by molar-refractivity contribution is -0.172. The Labute approximate surface area is 394 Å². The topological polar surface area (TPSA) is 207 Å².